The molecule has 18 nitrogen and oxygen atoms in total. The number of hydrogen-bond acceptors (Lipinski definition) is 18. The number of hydrogen-bond donors (Lipinski definition) is 8. The van der Waals surface area contributed by atoms with Gasteiger partial charge in [-0.05, 0) is 35.4 Å². The summed E-state index contributed by atoms with van der Waals surface area (Å²) in [6, 6.07) is 5.08. The number of aromatic hydroxyl groups is 6. The minimum atomic E-state index is -5.23. The molecule has 0 bridgehead atoms. The summed E-state index contributed by atoms with van der Waals surface area (Å²) < 4.78 is 81.2. The van der Waals surface area contributed by atoms with Crippen molar-refractivity contribution >= 4 is 42.2 Å². The Labute approximate surface area is 351 Å². The first kappa shape index (κ1) is 43.6. The SMILES string of the molecule is O=c1c(-c2ccc(O)c(S(=O)(=O)[O-])c2)coc2c(Cc3c(O)c(CO)c(O)c4c(=O)c(-c5ccc(O)c(S(=O)(=O)[O-])c5)coc34)c(O)c(CO)c(O)c12.[Na+].[Na+]. The van der Waals surface area contributed by atoms with Crippen molar-refractivity contribution in [3.8, 4) is 56.8 Å². The van der Waals surface area contributed by atoms with Gasteiger partial charge in [0.15, 0.2) is 0 Å². The van der Waals surface area contributed by atoms with Crippen LogP contribution in [-0.2, 0) is 39.9 Å². The summed E-state index contributed by atoms with van der Waals surface area (Å²) in [6.07, 6.45) is 0.729. The van der Waals surface area contributed by atoms with Crippen molar-refractivity contribution in [3.63, 3.8) is 0 Å². The molecule has 0 fully saturated rings. The summed E-state index contributed by atoms with van der Waals surface area (Å²) in [6.45, 7) is -2.20. The van der Waals surface area contributed by atoms with Crippen LogP contribution in [0.15, 0.2) is 77.1 Å². The van der Waals surface area contributed by atoms with Crippen LogP contribution in [-0.4, -0.2) is 66.8 Å². The molecular weight excluding hydrogens is 794 g/mol. The molecule has 4 aromatic carbocycles. The van der Waals surface area contributed by atoms with Crippen LogP contribution in [0.3, 0.4) is 0 Å². The van der Waals surface area contributed by atoms with E-state index in [-0.39, 0.29) is 70.2 Å². The van der Waals surface area contributed by atoms with E-state index >= 15 is 0 Å². The van der Waals surface area contributed by atoms with Crippen LogP contribution in [0.1, 0.15) is 22.3 Å². The van der Waals surface area contributed by atoms with E-state index in [1.54, 1.807) is 0 Å². The Bertz CT molecular complexity index is 2710. The average molecular weight is 817 g/mol. The van der Waals surface area contributed by atoms with Crippen molar-refractivity contribution in [1.82, 2.24) is 0 Å². The molecule has 0 atom stereocenters. The molecule has 0 unspecified atom stereocenters. The third kappa shape index (κ3) is 7.44. The van der Waals surface area contributed by atoms with Gasteiger partial charge >= 0.3 is 59.1 Å². The minimum Gasteiger partial charge on any atom is -0.744 e. The molecule has 0 aliphatic carbocycles. The molecule has 0 spiro atoms. The molecule has 276 valence electrons. The van der Waals surface area contributed by atoms with Crippen molar-refractivity contribution in [1.29, 1.82) is 0 Å². The number of rotatable bonds is 8. The maximum atomic E-state index is 13.8. The van der Waals surface area contributed by atoms with Gasteiger partial charge in [0, 0.05) is 17.5 Å². The third-order valence-electron chi connectivity index (χ3n) is 8.47. The van der Waals surface area contributed by atoms with Gasteiger partial charge in [-0.1, -0.05) is 12.1 Å². The second kappa shape index (κ2) is 15.8. The first-order valence-electron chi connectivity index (χ1n) is 14.6. The Morgan fingerprint density at radius 1 is 0.545 bits per heavy atom. The van der Waals surface area contributed by atoms with Crippen LogP contribution in [0, 0.1) is 0 Å². The zero-order chi connectivity index (χ0) is 38.9. The molecule has 8 N–H and O–H groups in total. The number of aliphatic hydroxyl groups excluding tert-OH is 2. The van der Waals surface area contributed by atoms with E-state index in [4.69, 9.17) is 8.83 Å². The number of benzene rings is 4. The molecule has 22 heteroatoms. The Kier molecular flexibility index (Phi) is 12.5. The summed E-state index contributed by atoms with van der Waals surface area (Å²) in [5.74, 6) is -5.60. The summed E-state index contributed by atoms with van der Waals surface area (Å²) in [7, 11) is -10.5. The van der Waals surface area contributed by atoms with Gasteiger partial charge in [0.25, 0.3) is 0 Å². The second-order valence-corrected chi connectivity index (χ2v) is 14.1. The normalized spacial score (nSPS) is 11.7. The summed E-state index contributed by atoms with van der Waals surface area (Å²) in [5, 5.41) is 82.8. The molecule has 0 aliphatic heterocycles. The molecule has 55 heavy (non-hydrogen) atoms. The topological polar surface area (TPSA) is 337 Å². The molecular formula is C33H22Na2O18S2. The smallest absolute Gasteiger partial charge is 0.744 e. The van der Waals surface area contributed by atoms with Crippen LogP contribution in [0.25, 0.3) is 44.2 Å². The van der Waals surface area contributed by atoms with Crippen molar-refractivity contribution in [2.45, 2.75) is 29.4 Å². The van der Waals surface area contributed by atoms with Gasteiger partial charge in [0.2, 0.25) is 10.9 Å². The quantitative estimate of drug-likeness (QED) is 0.0534. The van der Waals surface area contributed by atoms with Gasteiger partial charge in [-0.15, -0.1) is 0 Å². The third-order valence-corrected chi connectivity index (χ3v) is 10.2. The van der Waals surface area contributed by atoms with E-state index in [9.17, 15) is 76.4 Å². The standard InChI is InChI=1S/C33H24O18S2.2Na/c34-8-16-26(38)14(32-24(28(16)40)30(42)18(10-50-32)12-1-3-20(36)22(5-12)52(44,45)46)7-15-27(39)17(9-35)29(41)25-31(43)19(11-51-33(15)25)13-2-4-21(37)23(6-13)53(47,48)49;;/h1-6,10-11,34-41H,7-9H2,(H,44,45,46)(H,47,48,49);;/q;2*+1/p-2. The van der Waals surface area contributed by atoms with Crippen LogP contribution >= 0.6 is 0 Å². The number of aliphatic hydroxyl groups is 2. The number of phenolic OH excluding ortho intramolecular Hbond substituents is 2. The molecule has 2 heterocycles. The van der Waals surface area contributed by atoms with Gasteiger partial charge in [0.05, 0.1) is 45.3 Å². The predicted octanol–water partition coefficient (Wildman–Crippen LogP) is -4.14. The molecule has 0 saturated heterocycles. The van der Waals surface area contributed by atoms with E-state index in [2.05, 4.69) is 0 Å². The van der Waals surface area contributed by atoms with E-state index in [0.29, 0.717) is 12.1 Å². The van der Waals surface area contributed by atoms with Gasteiger partial charge in [-0.2, -0.15) is 0 Å². The van der Waals surface area contributed by atoms with Crippen molar-refractivity contribution in [3.05, 3.63) is 91.6 Å². The van der Waals surface area contributed by atoms with Crippen LogP contribution < -0.4 is 70.0 Å². The summed E-state index contributed by atoms with van der Waals surface area (Å²) in [5.41, 5.74) is -6.99. The molecule has 6 rings (SSSR count). The Morgan fingerprint density at radius 3 is 1.20 bits per heavy atom. The summed E-state index contributed by atoms with van der Waals surface area (Å²) >= 11 is 0. The number of fused-ring (bicyclic) bond motifs is 2. The first-order chi connectivity index (χ1) is 24.8. The van der Waals surface area contributed by atoms with Gasteiger partial charge < -0.3 is 58.8 Å². The molecule has 0 aliphatic rings. The maximum absolute atomic E-state index is 13.8. The predicted molar refractivity (Wildman–Crippen MR) is 176 cm³/mol. The van der Waals surface area contributed by atoms with Gasteiger partial charge in [-0.25, -0.2) is 16.8 Å². The van der Waals surface area contributed by atoms with Crippen LogP contribution in [0.5, 0.6) is 34.5 Å². The Morgan fingerprint density at radius 2 is 0.891 bits per heavy atom. The van der Waals surface area contributed by atoms with Gasteiger partial charge in [0.1, 0.15) is 89.2 Å². The minimum absolute atomic E-state index is 0. The monoisotopic (exact) mass is 816 g/mol. The van der Waals surface area contributed by atoms with E-state index in [1.807, 2.05) is 0 Å². The molecule has 0 saturated carbocycles. The van der Waals surface area contributed by atoms with E-state index < -0.39 is 150 Å². The Hall–Kier alpha value is -4.16. The summed E-state index contributed by atoms with van der Waals surface area (Å²) in [4.78, 5) is 25.4. The molecule has 6 aromatic rings. The average Bonchev–Trinajstić information content (AvgIpc) is 3.08. The largest absolute Gasteiger partial charge is 1.00 e. The fourth-order valence-corrected chi connectivity index (χ4v) is 7.07. The van der Waals surface area contributed by atoms with E-state index in [0.717, 1.165) is 36.8 Å². The molecule has 0 amide bonds. The first-order valence-corrected chi connectivity index (χ1v) is 17.5. The van der Waals surface area contributed by atoms with E-state index in [1.165, 1.54) is 0 Å². The molecule has 2 aromatic heterocycles. The zero-order valence-corrected chi connectivity index (χ0v) is 33.8. The number of phenols is 6. The maximum Gasteiger partial charge on any atom is 1.00 e. The molecule has 0 radical (unpaired) electrons. The van der Waals surface area contributed by atoms with Crippen LogP contribution in [0.2, 0.25) is 0 Å². The van der Waals surface area contributed by atoms with Crippen molar-refractivity contribution in [2.24, 2.45) is 0 Å². The second-order valence-electron chi connectivity index (χ2n) is 11.4. The van der Waals surface area contributed by atoms with Crippen molar-refractivity contribution in [2.75, 3.05) is 0 Å². The fourth-order valence-electron chi connectivity index (χ4n) is 5.88. The fraction of sp³-hybridized carbons (Fsp3) is 0.0909. The Balaban J connectivity index is 0.00000336. The van der Waals surface area contributed by atoms with Crippen molar-refractivity contribution < 1.29 is 135 Å². The van der Waals surface area contributed by atoms with Gasteiger partial charge in [-0.3, -0.25) is 9.59 Å². The van der Waals surface area contributed by atoms with Crippen LogP contribution in [0.4, 0.5) is 0 Å². The zero-order valence-electron chi connectivity index (χ0n) is 28.2.